The van der Waals surface area contributed by atoms with Gasteiger partial charge in [0, 0.05) is 64.3 Å². The minimum absolute atomic E-state index is 0.0868. The van der Waals surface area contributed by atoms with Gasteiger partial charge >= 0.3 is 0 Å². The number of hydrogen-bond acceptors (Lipinski definition) is 8. The van der Waals surface area contributed by atoms with Crippen molar-refractivity contribution in [2.45, 2.75) is 6.42 Å². The van der Waals surface area contributed by atoms with Crippen LogP contribution in [-0.2, 0) is 14.8 Å². The van der Waals surface area contributed by atoms with E-state index in [0.717, 1.165) is 5.82 Å². The summed E-state index contributed by atoms with van der Waals surface area (Å²) in [5.41, 5.74) is 0. The lowest BCUT2D eigenvalue weighted by Crippen LogP contribution is -2.50. The van der Waals surface area contributed by atoms with Gasteiger partial charge in [-0.1, -0.05) is 6.07 Å². The number of anilines is 2. The lowest BCUT2D eigenvalue weighted by atomic mass is 10.3. The SMILES string of the molecule is O=C(CCNc1ncccn1)NCCS(=O)(=O)N1CCN(c2ccccn2)CC1. The zero-order valence-electron chi connectivity index (χ0n) is 16.1. The fraction of sp³-hybridized carbons (Fsp3) is 0.444. The van der Waals surface area contributed by atoms with Gasteiger partial charge in [0.1, 0.15) is 5.82 Å². The number of carbonyl (C=O) groups is 1. The van der Waals surface area contributed by atoms with Crippen LogP contribution >= 0.6 is 0 Å². The maximum Gasteiger partial charge on any atom is 0.222 e. The third-order valence-corrected chi connectivity index (χ3v) is 6.36. The molecule has 2 aromatic heterocycles. The summed E-state index contributed by atoms with van der Waals surface area (Å²) in [6.07, 6.45) is 5.15. The summed E-state index contributed by atoms with van der Waals surface area (Å²) in [6, 6.07) is 7.38. The Bertz CT molecular complexity index is 873. The van der Waals surface area contributed by atoms with Crippen molar-refractivity contribution in [1.29, 1.82) is 0 Å². The monoisotopic (exact) mass is 419 g/mol. The van der Waals surface area contributed by atoms with Crippen LogP contribution in [0.15, 0.2) is 42.9 Å². The number of amides is 1. The molecule has 2 aromatic rings. The normalized spacial score (nSPS) is 15.1. The second-order valence-corrected chi connectivity index (χ2v) is 8.58. The first-order chi connectivity index (χ1) is 14.0. The number of aromatic nitrogens is 3. The van der Waals surface area contributed by atoms with Gasteiger partial charge in [-0.2, -0.15) is 4.31 Å². The smallest absolute Gasteiger partial charge is 0.222 e. The Hall–Kier alpha value is -2.79. The topological polar surface area (TPSA) is 120 Å². The highest BCUT2D eigenvalue weighted by molar-refractivity contribution is 7.89. The Kier molecular flexibility index (Phi) is 7.30. The maximum absolute atomic E-state index is 12.5. The van der Waals surface area contributed by atoms with Crippen molar-refractivity contribution in [3.63, 3.8) is 0 Å². The van der Waals surface area contributed by atoms with Crippen LogP contribution in [0.25, 0.3) is 0 Å². The van der Waals surface area contributed by atoms with E-state index in [1.807, 2.05) is 18.2 Å². The van der Waals surface area contributed by atoms with E-state index in [1.165, 1.54) is 4.31 Å². The van der Waals surface area contributed by atoms with Crippen LogP contribution in [0.5, 0.6) is 0 Å². The molecule has 0 bridgehead atoms. The Balaban J connectivity index is 1.35. The molecule has 0 saturated carbocycles. The molecule has 3 heterocycles. The summed E-state index contributed by atoms with van der Waals surface area (Å²) in [5.74, 6) is 0.972. The van der Waals surface area contributed by atoms with E-state index >= 15 is 0 Å². The number of rotatable bonds is 9. The zero-order chi connectivity index (χ0) is 20.5. The largest absolute Gasteiger partial charge is 0.355 e. The predicted molar refractivity (Wildman–Crippen MR) is 110 cm³/mol. The summed E-state index contributed by atoms with van der Waals surface area (Å²) >= 11 is 0. The molecular formula is C18H25N7O3S. The third kappa shape index (κ3) is 6.36. The quantitative estimate of drug-likeness (QED) is 0.580. The van der Waals surface area contributed by atoms with Crippen molar-refractivity contribution >= 4 is 27.7 Å². The summed E-state index contributed by atoms with van der Waals surface area (Å²) in [5, 5.41) is 5.58. The maximum atomic E-state index is 12.5. The van der Waals surface area contributed by atoms with Gasteiger partial charge in [0.15, 0.2) is 0 Å². The van der Waals surface area contributed by atoms with Gasteiger partial charge in [-0.15, -0.1) is 0 Å². The zero-order valence-corrected chi connectivity index (χ0v) is 16.9. The minimum Gasteiger partial charge on any atom is -0.355 e. The van der Waals surface area contributed by atoms with Gasteiger partial charge in [0.05, 0.1) is 5.75 Å². The lowest BCUT2D eigenvalue weighted by molar-refractivity contribution is -0.120. The van der Waals surface area contributed by atoms with Crippen molar-refractivity contribution in [2.24, 2.45) is 0 Å². The fourth-order valence-corrected chi connectivity index (χ4v) is 4.29. The van der Waals surface area contributed by atoms with E-state index in [1.54, 1.807) is 24.7 Å². The van der Waals surface area contributed by atoms with Crippen molar-refractivity contribution in [3.05, 3.63) is 42.9 Å². The molecule has 1 aliphatic rings. The molecule has 0 aliphatic carbocycles. The Morgan fingerprint density at radius 3 is 2.38 bits per heavy atom. The molecule has 0 atom stereocenters. The molecule has 0 spiro atoms. The number of sulfonamides is 1. The van der Waals surface area contributed by atoms with Gasteiger partial charge < -0.3 is 15.5 Å². The van der Waals surface area contributed by atoms with Gasteiger partial charge in [-0.3, -0.25) is 4.79 Å². The van der Waals surface area contributed by atoms with Crippen LogP contribution in [0.4, 0.5) is 11.8 Å². The number of nitrogens with one attached hydrogen (secondary N) is 2. The van der Waals surface area contributed by atoms with Crippen LogP contribution in [0.1, 0.15) is 6.42 Å². The van der Waals surface area contributed by atoms with Gasteiger partial charge in [-0.05, 0) is 18.2 Å². The number of nitrogens with zero attached hydrogens (tertiary/aromatic N) is 5. The lowest BCUT2D eigenvalue weighted by Gasteiger charge is -2.34. The number of piperazine rings is 1. The molecular weight excluding hydrogens is 394 g/mol. The van der Waals surface area contributed by atoms with Crippen molar-refractivity contribution < 1.29 is 13.2 Å². The van der Waals surface area contributed by atoms with Crippen molar-refractivity contribution in [1.82, 2.24) is 24.6 Å². The van der Waals surface area contributed by atoms with Crippen LogP contribution in [0.2, 0.25) is 0 Å². The van der Waals surface area contributed by atoms with Crippen LogP contribution in [0.3, 0.4) is 0 Å². The standard InChI is InChI=1S/C18H25N7O3S/c26-17(5-9-23-18-21-7-3-8-22-18)20-10-15-29(27,28)25-13-11-24(12-14-25)16-4-1-2-6-19-16/h1-4,6-8H,5,9-15H2,(H,20,26)(H,21,22,23). The van der Waals surface area contributed by atoms with E-state index in [0.29, 0.717) is 38.7 Å². The highest BCUT2D eigenvalue weighted by Crippen LogP contribution is 2.14. The van der Waals surface area contributed by atoms with Gasteiger partial charge in [-0.25, -0.2) is 23.4 Å². The van der Waals surface area contributed by atoms with Crippen LogP contribution < -0.4 is 15.5 Å². The Morgan fingerprint density at radius 2 is 1.69 bits per heavy atom. The van der Waals surface area contributed by atoms with Crippen LogP contribution in [0, 0.1) is 0 Å². The molecule has 0 unspecified atom stereocenters. The molecule has 11 heteroatoms. The highest BCUT2D eigenvalue weighted by Gasteiger charge is 2.27. The molecule has 1 fully saturated rings. The van der Waals surface area contributed by atoms with Crippen molar-refractivity contribution in [2.75, 3.05) is 55.2 Å². The van der Waals surface area contributed by atoms with Crippen LogP contribution in [-0.4, -0.2) is 78.6 Å². The predicted octanol–water partition coefficient (Wildman–Crippen LogP) is -0.0582. The number of pyridine rings is 1. The van der Waals surface area contributed by atoms with Gasteiger partial charge in [0.25, 0.3) is 0 Å². The average molecular weight is 420 g/mol. The Labute approximate surface area is 170 Å². The first-order valence-electron chi connectivity index (χ1n) is 9.46. The minimum atomic E-state index is -3.41. The summed E-state index contributed by atoms with van der Waals surface area (Å²) in [7, 11) is -3.41. The van der Waals surface area contributed by atoms with Crippen molar-refractivity contribution in [3.8, 4) is 0 Å². The summed E-state index contributed by atoms with van der Waals surface area (Å²) in [6.45, 7) is 2.47. The molecule has 10 nitrogen and oxygen atoms in total. The Morgan fingerprint density at radius 1 is 0.966 bits per heavy atom. The second-order valence-electron chi connectivity index (χ2n) is 6.49. The summed E-state index contributed by atoms with van der Waals surface area (Å²) in [4.78, 5) is 26.2. The third-order valence-electron chi connectivity index (χ3n) is 4.49. The first-order valence-corrected chi connectivity index (χ1v) is 11.1. The summed E-state index contributed by atoms with van der Waals surface area (Å²) < 4.78 is 26.5. The fourth-order valence-electron chi connectivity index (χ4n) is 2.95. The first kappa shape index (κ1) is 20.9. The van der Waals surface area contributed by atoms with E-state index < -0.39 is 10.0 Å². The van der Waals surface area contributed by atoms with Gasteiger partial charge in [0.2, 0.25) is 21.9 Å². The molecule has 3 rings (SSSR count). The molecule has 1 saturated heterocycles. The van der Waals surface area contributed by atoms with E-state index in [9.17, 15) is 13.2 Å². The van der Waals surface area contributed by atoms with E-state index in [-0.39, 0.29) is 24.6 Å². The molecule has 0 aromatic carbocycles. The number of carbonyl (C=O) groups excluding carboxylic acids is 1. The highest BCUT2D eigenvalue weighted by atomic mass is 32.2. The molecule has 156 valence electrons. The van der Waals surface area contributed by atoms with E-state index in [2.05, 4.69) is 30.5 Å². The molecule has 0 radical (unpaired) electrons. The number of hydrogen-bond donors (Lipinski definition) is 2. The molecule has 1 amide bonds. The van der Waals surface area contributed by atoms with E-state index in [4.69, 9.17) is 0 Å². The molecule has 1 aliphatic heterocycles. The molecule has 2 N–H and O–H groups in total. The molecule has 29 heavy (non-hydrogen) atoms. The average Bonchev–Trinajstić information content (AvgIpc) is 2.75. The second kappa shape index (κ2) is 10.1.